The normalized spacial score (nSPS) is 20.0. The molecule has 1 N–H and O–H groups in total. The van der Waals surface area contributed by atoms with Crippen LogP contribution in [-0.4, -0.2) is 54.4 Å². The van der Waals surface area contributed by atoms with Crippen molar-refractivity contribution in [3.05, 3.63) is 23.8 Å². The van der Waals surface area contributed by atoms with Crippen LogP contribution in [0.25, 0.3) is 0 Å². The fourth-order valence-electron chi connectivity index (χ4n) is 2.55. The Morgan fingerprint density at radius 3 is 2.71 bits per heavy atom. The average Bonchev–Trinajstić information content (AvgIpc) is 2.98. The van der Waals surface area contributed by atoms with Gasteiger partial charge >= 0.3 is 5.97 Å². The molecule has 1 saturated heterocycles. The number of carboxylic acid groups (broad SMARTS) is 1. The number of ether oxygens (including phenoxy) is 2. The number of unbranched alkanes of at least 4 members (excludes halogenated alkanes) is 1. The van der Waals surface area contributed by atoms with E-state index < -0.39 is 24.1 Å². The largest absolute Gasteiger partial charge is 0.493 e. The fourth-order valence-corrected chi connectivity index (χ4v) is 2.55. The first-order chi connectivity index (χ1) is 11.4. The molecule has 6 nitrogen and oxygen atoms in total. The van der Waals surface area contributed by atoms with E-state index in [0.29, 0.717) is 23.7 Å². The Hall–Kier alpha value is -2.31. The first-order valence-corrected chi connectivity index (χ1v) is 7.93. The van der Waals surface area contributed by atoms with Crippen molar-refractivity contribution >= 4 is 11.9 Å². The van der Waals surface area contributed by atoms with Crippen LogP contribution in [0.4, 0.5) is 4.39 Å². The molecule has 1 aliphatic heterocycles. The van der Waals surface area contributed by atoms with Gasteiger partial charge in [0.1, 0.15) is 0 Å². The summed E-state index contributed by atoms with van der Waals surface area (Å²) < 4.78 is 25.0. The molecule has 1 heterocycles. The number of alkyl halides is 1. The van der Waals surface area contributed by atoms with Crippen molar-refractivity contribution < 1.29 is 28.6 Å². The number of hydrogen-bond donors (Lipinski definition) is 1. The molecule has 1 amide bonds. The zero-order valence-corrected chi connectivity index (χ0v) is 13.9. The van der Waals surface area contributed by atoms with E-state index in [2.05, 4.69) is 6.92 Å². The highest BCUT2D eigenvalue weighted by Crippen LogP contribution is 2.31. The summed E-state index contributed by atoms with van der Waals surface area (Å²) in [5, 5.41) is 8.91. The van der Waals surface area contributed by atoms with E-state index in [-0.39, 0.29) is 13.0 Å². The van der Waals surface area contributed by atoms with Gasteiger partial charge in [-0.2, -0.15) is 0 Å². The average molecular weight is 339 g/mol. The molecule has 0 bridgehead atoms. The van der Waals surface area contributed by atoms with Crippen LogP contribution in [0.15, 0.2) is 18.2 Å². The molecule has 1 atom stereocenters. The van der Waals surface area contributed by atoms with Gasteiger partial charge in [-0.15, -0.1) is 0 Å². The number of nitrogens with zero attached hydrogens (tertiary/aromatic N) is 1. The van der Waals surface area contributed by atoms with E-state index in [1.807, 2.05) is 0 Å². The van der Waals surface area contributed by atoms with Crippen LogP contribution >= 0.6 is 0 Å². The third-order valence-electron chi connectivity index (χ3n) is 4.06. The van der Waals surface area contributed by atoms with Crippen molar-refractivity contribution in [3.8, 4) is 11.5 Å². The zero-order valence-electron chi connectivity index (χ0n) is 13.9. The van der Waals surface area contributed by atoms with Gasteiger partial charge in [0.2, 0.25) is 5.67 Å². The molecule has 0 spiro atoms. The van der Waals surface area contributed by atoms with Crippen LogP contribution in [0.3, 0.4) is 0 Å². The van der Waals surface area contributed by atoms with Gasteiger partial charge in [-0.1, -0.05) is 13.3 Å². The van der Waals surface area contributed by atoms with Crippen LogP contribution in [0.2, 0.25) is 0 Å². The van der Waals surface area contributed by atoms with Gasteiger partial charge in [-0.3, -0.25) is 4.79 Å². The van der Waals surface area contributed by atoms with Crippen LogP contribution in [0.1, 0.15) is 36.5 Å². The molecule has 0 saturated carbocycles. The van der Waals surface area contributed by atoms with Gasteiger partial charge in [-0.05, 0) is 24.6 Å². The molecule has 1 unspecified atom stereocenters. The fraction of sp³-hybridized carbons (Fsp3) is 0.529. The van der Waals surface area contributed by atoms with Gasteiger partial charge in [0.25, 0.3) is 5.91 Å². The molecule has 7 heteroatoms. The molecule has 1 aliphatic rings. The minimum Gasteiger partial charge on any atom is -0.493 e. The highest BCUT2D eigenvalue weighted by atomic mass is 19.1. The summed E-state index contributed by atoms with van der Waals surface area (Å²) in [6.07, 6.45) is 1.71. The van der Waals surface area contributed by atoms with Crippen LogP contribution in [-0.2, 0) is 4.79 Å². The molecule has 24 heavy (non-hydrogen) atoms. The summed E-state index contributed by atoms with van der Waals surface area (Å²) in [4.78, 5) is 24.6. The maximum absolute atomic E-state index is 14.1. The van der Waals surface area contributed by atoms with E-state index in [0.717, 1.165) is 12.8 Å². The van der Waals surface area contributed by atoms with E-state index in [4.69, 9.17) is 14.6 Å². The summed E-state index contributed by atoms with van der Waals surface area (Å²) in [5.41, 5.74) is -2.06. The van der Waals surface area contributed by atoms with Gasteiger partial charge < -0.3 is 19.5 Å². The Labute approximate surface area is 140 Å². The summed E-state index contributed by atoms with van der Waals surface area (Å²) in [6.45, 7) is 2.23. The smallest absolute Gasteiger partial charge is 0.343 e. The lowest BCUT2D eigenvalue weighted by Gasteiger charge is -2.18. The molecule has 2 rings (SSSR count). The van der Waals surface area contributed by atoms with Crippen molar-refractivity contribution in [2.45, 2.75) is 31.9 Å². The van der Waals surface area contributed by atoms with Crippen molar-refractivity contribution in [1.29, 1.82) is 0 Å². The topological polar surface area (TPSA) is 76.1 Å². The number of carbonyl (C=O) groups is 2. The summed E-state index contributed by atoms with van der Waals surface area (Å²) in [7, 11) is 1.48. The van der Waals surface area contributed by atoms with Gasteiger partial charge in [0, 0.05) is 18.5 Å². The van der Waals surface area contributed by atoms with Crippen LogP contribution < -0.4 is 9.47 Å². The number of benzene rings is 1. The molecule has 1 aromatic carbocycles. The van der Waals surface area contributed by atoms with Crippen molar-refractivity contribution in [2.24, 2.45) is 0 Å². The maximum atomic E-state index is 14.1. The predicted molar refractivity (Wildman–Crippen MR) is 85.4 cm³/mol. The molecule has 1 fully saturated rings. The molecular weight excluding hydrogens is 317 g/mol. The minimum absolute atomic E-state index is 0.0682. The molecular formula is C17H22FNO5. The number of hydrogen-bond acceptors (Lipinski definition) is 4. The van der Waals surface area contributed by atoms with Gasteiger partial charge in [0.15, 0.2) is 11.5 Å². The lowest BCUT2D eigenvalue weighted by atomic mass is 10.1. The molecule has 0 aliphatic carbocycles. The second-order valence-electron chi connectivity index (χ2n) is 5.81. The van der Waals surface area contributed by atoms with Gasteiger partial charge in [0.05, 0.1) is 20.3 Å². The number of rotatable bonds is 7. The van der Waals surface area contributed by atoms with Crippen LogP contribution in [0, 0.1) is 0 Å². The molecule has 0 radical (unpaired) electrons. The third kappa shape index (κ3) is 3.77. The Morgan fingerprint density at radius 2 is 2.12 bits per heavy atom. The summed E-state index contributed by atoms with van der Waals surface area (Å²) >= 11 is 0. The zero-order chi connectivity index (χ0) is 17.7. The maximum Gasteiger partial charge on any atom is 0.343 e. The lowest BCUT2D eigenvalue weighted by Crippen LogP contribution is -2.38. The van der Waals surface area contributed by atoms with Crippen molar-refractivity contribution in [3.63, 3.8) is 0 Å². The number of carbonyl (C=O) groups excluding carboxylic acids is 1. The number of methoxy groups -OCH3 is 1. The summed E-state index contributed by atoms with van der Waals surface area (Å²) in [6, 6.07) is 4.74. The number of halogens is 1. The first kappa shape index (κ1) is 18.0. The molecule has 1 aromatic rings. The van der Waals surface area contributed by atoms with E-state index in [1.54, 1.807) is 12.1 Å². The summed E-state index contributed by atoms with van der Waals surface area (Å²) in [5.74, 6) is -1.00. The van der Waals surface area contributed by atoms with Crippen molar-refractivity contribution in [2.75, 3.05) is 26.8 Å². The number of amides is 1. The highest BCUT2D eigenvalue weighted by Gasteiger charge is 2.47. The molecule has 132 valence electrons. The monoisotopic (exact) mass is 339 g/mol. The van der Waals surface area contributed by atoms with E-state index in [9.17, 15) is 14.0 Å². The second kappa shape index (κ2) is 7.51. The SMILES string of the molecule is CCCCOc1ccc(C(=O)N2CCC(F)(C(=O)O)C2)cc1OC. The third-order valence-corrected chi connectivity index (χ3v) is 4.06. The Balaban J connectivity index is 2.11. The first-order valence-electron chi connectivity index (χ1n) is 7.93. The number of likely N-dealkylation sites (tertiary alicyclic amines) is 1. The molecule has 0 aromatic heterocycles. The number of aliphatic carboxylic acids is 1. The Bertz CT molecular complexity index is 621. The standard InChI is InChI=1S/C17H22FNO5/c1-3-4-9-24-13-6-5-12(10-14(13)23-2)15(20)19-8-7-17(18,11-19)16(21)22/h5-6,10H,3-4,7-9,11H2,1-2H3,(H,21,22). The quantitative estimate of drug-likeness (QED) is 0.773. The van der Waals surface area contributed by atoms with E-state index in [1.165, 1.54) is 18.1 Å². The Kier molecular flexibility index (Phi) is 5.64. The minimum atomic E-state index is -2.37. The predicted octanol–water partition coefficient (Wildman–Crippen LogP) is 2.51. The van der Waals surface area contributed by atoms with Crippen LogP contribution in [0.5, 0.6) is 11.5 Å². The van der Waals surface area contributed by atoms with Gasteiger partial charge in [-0.25, -0.2) is 9.18 Å². The Morgan fingerprint density at radius 1 is 1.38 bits per heavy atom. The lowest BCUT2D eigenvalue weighted by molar-refractivity contribution is -0.149. The van der Waals surface area contributed by atoms with Crippen molar-refractivity contribution in [1.82, 2.24) is 4.90 Å². The number of carboxylic acids is 1. The van der Waals surface area contributed by atoms with E-state index >= 15 is 0 Å². The highest BCUT2D eigenvalue weighted by molar-refractivity contribution is 5.96. The second-order valence-corrected chi connectivity index (χ2v) is 5.81.